The maximum Gasteiger partial charge on any atom is 0.0552 e. The summed E-state index contributed by atoms with van der Waals surface area (Å²) in [6, 6.07) is 24.0. The van der Waals surface area contributed by atoms with Gasteiger partial charge in [0.25, 0.3) is 0 Å². The highest BCUT2D eigenvalue weighted by Crippen LogP contribution is 2.34. The van der Waals surface area contributed by atoms with Gasteiger partial charge in [-0.1, -0.05) is 73.1 Å². The summed E-state index contributed by atoms with van der Waals surface area (Å²) in [6.07, 6.45) is 0. The van der Waals surface area contributed by atoms with Gasteiger partial charge in [-0.05, 0) is 41.3 Å². The van der Waals surface area contributed by atoms with Crippen molar-refractivity contribution >= 4 is 37.7 Å². The molecule has 0 unspecified atom stereocenters. The van der Waals surface area contributed by atoms with E-state index in [4.69, 9.17) is 0 Å². The molecule has 0 bridgehead atoms. The van der Waals surface area contributed by atoms with Gasteiger partial charge in [0.2, 0.25) is 0 Å². The highest BCUT2D eigenvalue weighted by Gasteiger charge is 2.16. The highest BCUT2D eigenvalue weighted by molar-refractivity contribution is 9.10. The summed E-state index contributed by atoms with van der Waals surface area (Å²) in [7, 11) is 0. The summed E-state index contributed by atoms with van der Waals surface area (Å²) in [6.45, 7) is 6.78. The lowest BCUT2D eigenvalue weighted by atomic mass is 9.87. The van der Waals surface area contributed by atoms with E-state index in [0.29, 0.717) is 0 Å². The van der Waals surface area contributed by atoms with Gasteiger partial charge in [-0.2, -0.15) is 0 Å². The van der Waals surface area contributed by atoms with Crippen LogP contribution in [0.4, 0.5) is 0 Å². The molecule has 2 heteroatoms. The predicted octanol–water partition coefficient (Wildman–Crippen LogP) is 6.84. The standard InChI is InChI=1S/C22H20BrN/c1-22(2,3)15-7-6-8-17(13-15)24-20-10-5-4-9-18(20)19-12-11-16(23)14-21(19)24/h4-14H,1-3H3. The van der Waals surface area contributed by atoms with Crippen LogP contribution in [0.3, 0.4) is 0 Å². The zero-order chi connectivity index (χ0) is 16.9. The van der Waals surface area contributed by atoms with Gasteiger partial charge in [-0.3, -0.25) is 0 Å². The number of benzene rings is 3. The molecule has 4 aromatic rings. The Bertz CT molecular complexity index is 1050. The van der Waals surface area contributed by atoms with Gasteiger partial charge < -0.3 is 4.57 Å². The average molecular weight is 378 g/mol. The first-order valence-electron chi connectivity index (χ1n) is 8.25. The molecule has 4 rings (SSSR count). The first-order chi connectivity index (χ1) is 11.4. The van der Waals surface area contributed by atoms with Crippen molar-refractivity contribution in [3.05, 3.63) is 76.8 Å². The maximum absolute atomic E-state index is 3.63. The van der Waals surface area contributed by atoms with E-state index in [1.54, 1.807) is 0 Å². The summed E-state index contributed by atoms with van der Waals surface area (Å²) in [5.74, 6) is 0. The number of hydrogen-bond donors (Lipinski definition) is 0. The zero-order valence-corrected chi connectivity index (χ0v) is 15.8. The fourth-order valence-electron chi connectivity index (χ4n) is 3.33. The largest absolute Gasteiger partial charge is 0.309 e. The van der Waals surface area contributed by atoms with E-state index in [0.717, 1.165) is 4.47 Å². The molecule has 0 fully saturated rings. The van der Waals surface area contributed by atoms with Crippen molar-refractivity contribution in [2.24, 2.45) is 0 Å². The minimum atomic E-state index is 0.134. The van der Waals surface area contributed by atoms with E-state index in [9.17, 15) is 0 Å². The molecule has 0 atom stereocenters. The Morgan fingerprint density at radius 2 is 1.50 bits per heavy atom. The van der Waals surface area contributed by atoms with Crippen LogP contribution in [0, 0.1) is 0 Å². The second-order valence-electron chi connectivity index (χ2n) is 7.31. The number of rotatable bonds is 1. The number of fused-ring (bicyclic) bond motifs is 3. The van der Waals surface area contributed by atoms with Gasteiger partial charge in [-0.25, -0.2) is 0 Å². The van der Waals surface area contributed by atoms with Gasteiger partial charge in [-0.15, -0.1) is 0 Å². The van der Waals surface area contributed by atoms with Gasteiger partial charge >= 0.3 is 0 Å². The molecule has 1 aromatic heterocycles. The molecular weight excluding hydrogens is 358 g/mol. The first-order valence-corrected chi connectivity index (χ1v) is 9.04. The third kappa shape index (κ3) is 2.46. The lowest BCUT2D eigenvalue weighted by Crippen LogP contribution is -2.11. The third-order valence-corrected chi connectivity index (χ3v) is 5.10. The van der Waals surface area contributed by atoms with Crippen LogP contribution in [0.2, 0.25) is 0 Å². The SMILES string of the molecule is CC(C)(C)c1cccc(-n2c3ccccc3c3ccc(Br)cc32)c1. The molecule has 0 amide bonds. The summed E-state index contributed by atoms with van der Waals surface area (Å²) >= 11 is 3.63. The molecule has 0 spiro atoms. The van der Waals surface area contributed by atoms with Crippen LogP contribution < -0.4 is 0 Å². The van der Waals surface area contributed by atoms with E-state index in [1.807, 2.05) is 0 Å². The Morgan fingerprint density at radius 1 is 0.750 bits per heavy atom. The van der Waals surface area contributed by atoms with Crippen molar-refractivity contribution in [1.82, 2.24) is 4.57 Å². The average Bonchev–Trinajstić information content (AvgIpc) is 2.87. The molecule has 0 aliphatic carbocycles. The molecule has 3 aromatic carbocycles. The second kappa shape index (κ2) is 5.49. The summed E-state index contributed by atoms with van der Waals surface area (Å²) in [5, 5.41) is 2.58. The predicted molar refractivity (Wildman–Crippen MR) is 107 cm³/mol. The number of aromatic nitrogens is 1. The number of para-hydroxylation sites is 1. The maximum atomic E-state index is 3.63. The van der Waals surface area contributed by atoms with Crippen LogP contribution in [0.1, 0.15) is 26.3 Å². The molecule has 0 radical (unpaired) electrons. The first kappa shape index (κ1) is 15.5. The van der Waals surface area contributed by atoms with E-state index < -0.39 is 0 Å². The van der Waals surface area contributed by atoms with Crippen LogP contribution in [0.15, 0.2) is 71.2 Å². The zero-order valence-electron chi connectivity index (χ0n) is 14.2. The van der Waals surface area contributed by atoms with Crippen molar-refractivity contribution in [3.8, 4) is 5.69 Å². The Balaban J connectivity index is 2.10. The minimum Gasteiger partial charge on any atom is -0.309 e. The van der Waals surface area contributed by atoms with E-state index in [1.165, 1.54) is 33.1 Å². The van der Waals surface area contributed by atoms with E-state index in [-0.39, 0.29) is 5.41 Å². The minimum absolute atomic E-state index is 0.134. The fourth-order valence-corrected chi connectivity index (χ4v) is 3.68. The monoisotopic (exact) mass is 377 g/mol. The molecule has 1 nitrogen and oxygen atoms in total. The van der Waals surface area contributed by atoms with Crippen molar-refractivity contribution < 1.29 is 0 Å². The lowest BCUT2D eigenvalue weighted by molar-refractivity contribution is 0.590. The Morgan fingerprint density at radius 3 is 2.29 bits per heavy atom. The van der Waals surface area contributed by atoms with Crippen molar-refractivity contribution in [3.63, 3.8) is 0 Å². The molecule has 0 aliphatic rings. The summed E-state index contributed by atoms with van der Waals surface area (Å²) < 4.78 is 3.47. The molecule has 0 saturated heterocycles. The molecule has 120 valence electrons. The van der Waals surface area contributed by atoms with Crippen LogP contribution in [0.5, 0.6) is 0 Å². The Labute approximate surface area is 151 Å². The van der Waals surface area contributed by atoms with Crippen molar-refractivity contribution in [2.45, 2.75) is 26.2 Å². The lowest BCUT2D eigenvalue weighted by Gasteiger charge is -2.20. The summed E-state index contributed by atoms with van der Waals surface area (Å²) in [4.78, 5) is 0. The van der Waals surface area contributed by atoms with Crippen molar-refractivity contribution in [2.75, 3.05) is 0 Å². The molecule has 24 heavy (non-hydrogen) atoms. The number of nitrogens with zero attached hydrogens (tertiary/aromatic N) is 1. The second-order valence-corrected chi connectivity index (χ2v) is 8.23. The van der Waals surface area contributed by atoms with Crippen LogP contribution in [0.25, 0.3) is 27.5 Å². The smallest absolute Gasteiger partial charge is 0.0552 e. The molecular formula is C22H20BrN. The number of halogens is 1. The topological polar surface area (TPSA) is 4.93 Å². The fraction of sp³-hybridized carbons (Fsp3) is 0.182. The van der Waals surface area contributed by atoms with Crippen LogP contribution in [-0.4, -0.2) is 4.57 Å². The van der Waals surface area contributed by atoms with Gasteiger partial charge in [0.15, 0.2) is 0 Å². The Kier molecular flexibility index (Phi) is 3.54. The molecule has 0 N–H and O–H groups in total. The van der Waals surface area contributed by atoms with E-state index in [2.05, 4.69) is 108 Å². The normalized spacial score (nSPS) is 12.2. The molecule has 0 aliphatic heterocycles. The number of hydrogen-bond acceptors (Lipinski definition) is 0. The third-order valence-electron chi connectivity index (χ3n) is 4.61. The van der Waals surface area contributed by atoms with Gasteiger partial charge in [0.1, 0.15) is 0 Å². The molecule has 1 heterocycles. The van der Waals surface area contributed by atoms with Crippen molar-refractivity contribution in [1.29, 1.82) is 0 Å². The van der Waals surface area contributed by atoms with Gasteiger partial charge in [0, 0.05) is 20.9 Å². The summed E-state index contributed by atoms with van der Waals surface area (Å²) in [5.41, 5.74) is 5.18. The van der Waals surface area contributed by atoms with E-state index >= 15 is 0 Å². The highest BCUT2D eigenvalue weighted by atomic mass is 79.9. The van der Waals surface area contributed by atoms with Crippen LogP contribution in [-0.2, 0) is 5.41 Å². The van der Waals surface area contributed by atoms with Gasteiger partial charge in [0.05, 0.1) is 11.0 Å². The van der Waals surface area contributed by atoms with Crippen LogP contribution >= 0.6 is 15.9 Å². The molecule has 0 saturated carbocycles. The quantitative estimate of drug-likeness (QED) is 0.342. The Hall–Kier alpha value is -2.06.